The summed E-state index contributed by atoms with van der Waals surface area (Å²) in [4.78, 5) is 0. The van der Waals surface area contributed by atoms with Crippen molar-refractivity contribution < 1.29 is 0 Å². The van der Waals surface area contributed by atoms with Crippen LogP contribution >= 0.6 is 7.71 Å². The summed E-state index contributed by atoms with van der Waals surface area (Å²) in [6.07, 6.45) is 2.23. The number of rotatable bonds is 5. The molecule has 106 valence electrons. The summed E-state index contributed by atoms with van der Waals surface area (Å²) in [5, 5.41) is 0. The highest BCUT2D eigenvalue weighted by molar-refractivity contribution is 7.72. The van der Waals surface area contributed by atoms with Gasteiger partial charge in [-0.2, -0.15) is 14.0 Å². The molecule has 0 aromatic heterocycles. The van der Waals surface area contributed by atoms with E-state index in [2.05, 4.69) is 99.4 Å². The monoisotopic (exact) mass is 280 g/mol. The molecule has 0 aliphatic heterocycles. The molecular formula is C15H27N3P+. The maximum atomic E-state index is 2.34. The molecule has 1 aromatic rings. The van der Waals surface area contributed by atoms with Crippen LogP contribution < -0.4 is 0 Å². The quantitative estimate of drug-likeness (QED) is 0.765. The van der Waals surface area contributed by atoms with E-state index in [1.54, 1.807) is 0 Å². The Labute approximate surface area is 119 Å². The minimum absolute atomic E-state index is 1.25. The van der Waals surface area contributed by atoms with Gasteiger partial charge in [0.2, 0.25) is 0 Å². The van der Waals surface area contributed by atoms with E-state index < -0.39 is 7.71 Å². The minimum Gasteiger partial charge on any atom is -0.151 e. The molecule has 0 bridgehead atoms. The van der Waals surface area contributed by atoms with Crippen LogP contribution in [0.25, 0.3) is 6.08 Å². The van der Waals surface area contributed by atoms with E-state index in [9.17, 15) is 0 Å². The Balaban J connectivity index is 3.10. The zero-order valence-electron chi connectivity index (χ0n) is 13.3. The molecule has 0 spiro atoms. The van der Waals surface area contributed by atoms with Crippen LogP contribution in [0, 0.1) is 6.92 Å². The van der Waals surface area contributed by atoms with E-state index in [-0.39, 0.29) is 0 Å². The first-order chi connectivity index (χ1) is 8.80. The first-order valence-corrected chi connectivity index (χ1v) is 8.20. The summed E-state index contributed by atoms with van der Waals surface area (Å²) in [5.74, 6) is 2.34. The zero-order valence-corrected chi connectivity index (χ0v) is 14.1. The molecule has 0 heterocycles. The molecule has 0 aliphatic carbocycles. The first-order valence-electron chi connectivity index (χ1n) is 6.48. The largest absolute Gasteiger partial charge is 0.253 e. The second kappa shape index (κ2) is 6.62. The zero-order chi connectivity index (χ0) is 14.6. The van der Waals surface area contributed by atoms with Crippen molar-refractivity contribution in [3.05, 3.63) is 41.2 Å². The van der Waals surface area contributed by atoms with E-state index in [4.69, 9.17) is 0 Å². The summed E-state index contributed by atoms with van der Waals surface area (Å²) < 4.78 is 6.95. The van der Waals surface area contributed by atoms with Crippen molar-refractivity contribution in [2.45, 2.75) is 6.92 Å². The number of aryl methyl sites for hydroxylation is 1. The highest BCUT2D eigenvalue weighted by Gasteiger charge is 2.45. The smallest absolute Gasteiger partial charge is 0.151 e. The van der Waals surface area contributed by atoms with Gasteiger partial charge in [-0.1, -0.05) is 29.8 Å². The molecule has 1 rings (SSSR count). The van der Waals surface area contributed by atoms with Gasteiger partial charge in [-0.3, -0.25) is 0 Å². The molecule has 0 saturated heterocycles. The molecule has 1 aromatic carbocycles. The van der Waals surface area contributed by atoms with E-state index >= 15 is 0 Å². The van der Waals surface area contributed by atoms with Gasteiger partial charge < -0.3 is 0 Å². The van der Waals surface area contributed by atoms with E-state index in [1.165, 1.54) is 11.1 Å². The summed E-state index contributed by atoms with van der Waals surface area (Å²) in [6, 6.07) is 8.64. The minimum atomic E-state index is -1.57. The van der Waals surface area contributed by atoms with Crippen LogP contribution in [0.15, 0.2) is 30.1 Å². The van der Waals surface area contributed by atoms with Crippen molar-refractivity contribution in [2.24, 2.45) is 0 Å². The lowest BCUT2D eigenvalue weighted by atomic mass is 10.2. The molecule has 19 heavy (non-hydrogen) atoms. The maximum Gasteiger partial charge on any atom is 0.253 e. The lowest BCUT2D eigenvalue weighted by molar-refractivity contribution is 0.472. The standard InChI is InChI=1S/C15H27N3P/c1-14-8-10-15(11-9-14)12-13-19(16(2)3,17(4)5)18(6)7/h8-13H,1-7H3/q+1/b13-12-. The van der Waals surface area contributed by atoms with Gasteiger partial charge in [-0.05, 0) is 18.6 Å². The van der Waals surface area contributed by atoms with Crippen LogP contribution in [0.5, 0.6) is 0 Å². The number of hydrogen-bond acceptors (Lipinski definition) is 3. The average molecular weight is 280 g/mol. The predicted octanol–water partition coefficient (Wildman–Crippen LogP) is 3.41. The Bertz CT molecular complexity index is 400. The highest BCUT2D eigenvalue weighted by atomic mass is 31.2. The predicted molar refractivity (Wildman–Crippen MR) is 88.2 cm³/mol. The molecule has 0 N–H and O–H groups in total. The van der Waals surface area contributed by atoms with Crippen molar-refractivity contribution in [1.82, 2.24) is 14.0 Å². The fraction of sp³-hybridized carbons (Fsp3) is 0.467. The van der Waals surface area contributed by atoms with Gasteiger partial charge in [0, 0.05) is 42.3 Å². The van der Waals surface area contributed by atoms with Crippen LogP contribution in [0.2, 0.25) is 0 Å². The van der Waals surface area contributed by atoms with Gasteiger partial charge in [-0.25, -0.2) is 0 Å². The highest BCUT2D eigenvalue weighted by Crippen LogP contribution is 2.65. The van der Waals surface area contributed by atoms with Crippen molar-refractivity contribution in [1.29, 1.82) is 0 Å². The molecule has 0 radical (unpaired) electrons. The fourth-order valence-electron chi connectivity index (χ4n) is 2.34. The van der Waals surface area contributed by atoms with Crippen molar-refractivity contribution >= 4 is 13.8 Å². The lowest BCUT2D eigenvalue weighted by Gasteiger charge is -2.37. The Morgan fingerprint density at radius 3 is 1.58 bits per heavy atom. The third-order valence-corrected chi connectivity index (χ3v) is 7.39. The average Bonchev–Trinajstić information content (AvgIpc) is 2.30. The van der Waals surface area contributed by atoms with Crippen LogP contribution in [-0.2, 0) is 0 Å². The van der Waals surface area contributed by atoms with Crippen LogP contribution in [0.3, 0.4) is 0 Å². The molecule has 0 saturated carbocycles. The second-order valence-corrected chi connectivity index (χ2v) is 9.31. The number of nitrogens with zero attached hydrogens (tertiary/aromatic N) is 3. The van der Waals surface area contributed by atoms with Gasteiger partial charge in [0.15, 0.2) is 0 Å². The van der Waals surface area contributed by atoms with Crippen LogP contribution in [-0.4, -0.2) is 56.3 Å². The van der Waals surface area contributed by atoms with E-state index in [1.807, 2.05) is 0 Å². The van der Waals surface area contributed by atoms with E-state index in [0.29, 0.717) is 0 Å². The van der Waals surface area contributed by atoms with Gasteiger partial charge in [0.1, 0.15) is 5.82 Å². The van der Waals surface area contributed by atoms with Gasteiger partial charge in [0.05, 0.1) is 0 Å². The summed E-state index contributed by atoms with van der Waals surface area (Å²) in [5.41, 5.74) is 2.55. The van der Waals surface area contributed by atoms with Crippen molar-refractivity contribution in [3.63, 3.8) is 0 Å². The summed E-state index contributed by atoms with van der Waals surface area (Å²) >= 11 is 0. The Hall–Kier alpha value is -0.730. The molecule has 0 aliphatic rings. The number of benzene rings is 1. The molecule has 4 heteroatoms. The lowest BCUT2D eigenvalue weighted by Crippen LogP contribution is -2.34. The molecule has 0 amide bonds. The summed E-state index contributed by atoms with van der Waals surface area (Å²) in [7, 11) is 11.3. The van der Waals surface area contributed by atoms with Gasteiger partial charge in [-0.15, -0.1) is 0 Å². The van der Waals surface area contributed by atoms with Crippen molar-refractivity contribution in [3.8, 4) is 0 Å². The number of hydrogen-bond donors (Lipinski definition) is 0. The third-order valence-electron chi connectivity index (χ3n) is 3.31. The van der Waals surface area contributed by atoms with Crippen molar-refractivity contribution in [2.75, 3.05) is 42.3 Å². The fourth-order valence-corrected chi connectivity index (χ4v) is 5.66. The molecule has 0 unspecified atom stereocenters. The molecule has 0 atom stereocenters. The van der Waals surface area contributed by atoms with Gasteiger partial charge >= 0.3 is 0 Å². The Kier molecular flexibility index (Phi) is 5.69. The third kappa shape index (κ3) is 3.64. The molecular weight excluding hydrogens is 253 g/mol. The molecule has 3 nitrogen and oxygen atoms in total. The van der Waals surface area contributed by atoms with Crippen LogP contribution in [0.4, 0.5) is 0 Å². The topological polar surface area (TPSA) is 9.72 Å². The Morgan fingerprint density at radius 2 is 1.21 bits per heavy atom. The molecule has 0 fully saturated rings. The summed E-state index contributed by atoms with van der Waals surface area (Å²) in [6.45, 7) is 2.12. The SMILES string of the molecule is Cc1ccc(/C=C\[P+](N(C)C)(N(C)C)N(C)C)cc1. The first kappa shape index (κ1) is 16.3. The van der Waals surface area contributed by atoms with Crippen LogP contribution in [0.1, 0.15) is 11.1 Å². The maximum absolute atomic E-state index is 2.34. The van der Waals surface area contributed by atoms with E-state index in [0.717, 1.165) is 0 Å². The normalized spacial score (nSPS) is 13.2. The second-order valence-electron chi connectivity index (χ2n) is 5.38. The van der Waals surface area contributed by atoms with Gasteiger partial charge in [0.25, 0.3) is 7.71 Å². The Morgan fingerprint density at radius 1 is 0.789 bits per heavy atom.